The number of aliphatic imine (C=N–C) groups is 1. The van der Waals surface area contributed by atoms with Crippen LogP contribution in [0.25, 0.3) is 0 Å². The number of aliphatic hydroxyl groups is 1. The zero-order valence-corrected chi connectivity index (χ0v) is 19.5. The van der Waals surface area contributed by atoms with E-state index in [1.165, 1.54) is 10.9 Å². The zero-order chi connectivity index (χ0) is 23.6. The molecule has 3 rings (SSSR count). The van der Waals surface area contributed by atoms with Gasteiger partial charge in [-0.2, -0.15) is 5.10 Å². The summed E-state index contributed by atoms with van der Waals surface area (Å²) in [7, 11) is 5.28. The topological polar surface area (TPSA) is 112 Å². The maximum atomic E-state index is 13.1. The largest absolute Gasteiger partial charge is 0.513 e. The van der Waals surface area contributed by atoms with Crippen LogP contribution in [-0.4, -0.2) is 74.9 Å². The normalized spacial score (nSPS) is 21.2. The molecule has 172 valence electrons. The molecule has 2 aliphatic heterocycles. The van der Waals surface area contributed by atoms with Crippen molar-refractivity contribution in [2.45, 2.75) is 39.4 Å². The average Bonchev–Trinajstić information content (AvgIpc) is 3.34. The summed E-state index contributed by atoms with van der Waals surface area (Å²) in [4.78, 5) is 30.7. The van der Waals surface area contributed by atoms with E-state index in [1.807, 2.05) is 51.3 Å². The van der Waals surface area contributed by atoms with Gasteiger partial charge in [0, 0.05) is 25.2 Å². The van der Waals surface area contributed by atoms with Gasteiger partial charge in [0.2, 0.25) is 0 Å². The van der Waals surface area contributed by atoms with Crippen molar-refractivity contribution >= 4 is 17.6 Å². The fraction of sp³-hybridized carbons (Fsp3) is 0.455. The lowest BCUT2D eigenvalue weighted by Gasteiger charge is -2.29. The first kappa shape index (κ1) is 23.3. The molecule has 0 radical (unpaired) electrons. The molecule has 0 saturated heterocycles. The van der Waals surface area contributed by atoms with Crippen LogP contribution in [0.1, 0.15) is 48.0 Å². The number of fused-ring (bicyclic) bond motifs is 1. The van der Waals surface area contributed by atoms with E-state index in [4.69, 9.17) is 4.99 Å². The van der Waals surface area contributed by atoms with Crippen molar-refractivity contribution in [2.24, 2.45) is 12.0 Å². The second-order valence-corrected chi connectivity index (χ2v) is 8.50. The summed E-state index contributed by atoms with van der Waals surface area (Å²) in [6.45, 7) is 6.01. The Morgan fingerprint density at radius 2 is 2.12 bits per heavy atom. The van der Waals surface area contributed by atoms with Crippen LogP contribution in [0.2, 0.25) is 0 Å². The minimum atomic E-state index is -0.351. The predicted molar refractivity (Wildman–Crippen MR) is 122 cm³/mol. The molecule has 0 aromatic carbocycles. The number of amides is 2. The Hall–Kier alpha value is -3.40. The molecule has 2 atom stereocenters. The average molecular weight is 443 g/mol. The van der Waals surface area contributed by atoms with Gasteiger partial charge in [0.15, 0.2) is 0 Å². The lowest BCUT2D eigenvalue weighted by atomic mass is 10.1. The molecule has 0 saturated carbocycles. The van der Waals surface area contributed by atoms with Crippen molar-refractivity contribution in [2.75, 3.05) is 20.6 Å². The van der Waals surface area contributed by atoms with Gasteiger partial charge in [-0.05, 0) is 32.9 Å². The van der Waals surface area contributed by atoms with E-state index < -0.39 is 0 Å². The molecular formula is C22H32N7O3+. The fourth-order valence-corrected chi connectivity index (χ4v) is 3.57. The van der Waals surface area contributed by atoms with Crippen molar-refractivity contribution in [1.82, 2.24) is 25.5 Å². The van der Waals surface area contributed by atoms with E-state index in [0.717, 1.165) is 5.57 Å². The highest BCUT2D eigenvalue weighted by molar-refractivity contribution is 6.04. The molecule has 0 aliphatic carbocycles. The van der Waals surface area contributed by atoms with Crippen LogP contribution >= 0.6 is 0 Å². The van der Waals surface area contributed by atoms with Gasteiger partial charge >= 0.3 is 5.91 Å². The fourth-order valence-electron chi connectivity index (χ4n) is 3.57. The second-order valence-electron chi connectivity index (χ2n) is 8.50. The molecule has 1 aromatic rings. The SMILES string of the molecule is C/C=C(\C=C(/C)O)C1=NC2CC(NC(=O)c3c(C(=O)[N+](C)(C)CC)cnn3C)C=CN2N1. The van der Waals surface area contributed by atoms with Crippen LogP contribution in [0.4, 0.5) is 0 Å². The molecule has 2 unspecified atom stereocenters. The van der Waals surface area contributed by atoms with Gasteiger partial charge in [0.25, 0.3) is 5.91 Å². The molecular weight excluding hydrogens is 410 g/mol. The van der Waals surface area contributed by atoms with Crippen molar-refractivity contribution < 1.29 is 19.2 Å². The van der Waals surface area contributed by atoms with E-state index in [1.54, 1.807) is 20.0 Å². The van der Waals surface area contributed by atoms with E-state index >= 15 is 0 Å². The van der Waals surface area contributed by atoms with Gasteiger partial charge in [0.05, 0.1) is 38.6 Å². The van der Waals surface area contributed by atoms with Gasteiger partial charge in [0.1, 0.15) is 23.3 Å². The van der Waals surface area contributed by atoms with Crippen LogP contribution in [0.5, 0.6) is 0 Å². The molecule has 0 fully saturated rings. The van der Waals surface area contributed by atoms with Gasteiger partial charge in [-0.25, -0.2) is 9.79 Å². The highest BCUT2D eigenvalue weighted by Crippen LogP contribution is 2.22. The van der Waals surface area contributed by atoms with E-state index in [-0.39, 0.29) is 40.0 Å². The minimum Gasteiger partial charge on any atom is -0.513 e. The number of allylic oxidation sites excluding steroid dienone is 2. The Bertz CT molecular complexity index is 1030. The van der Waals surface area contributed by atoms with Crippen LogP contribution in [0.15, 0.2) is 46.9 Å². The molecule has 3 heterocycles. The Morgan fingerprint density at radius 3 is 2.75 bits per heavy atom. The van der Waals surface area contributed by atoms with E-state index in [0.29, 0.717) is 24.4 Å². The van der Waals surface area contributed by atoms with Crippen LogP contribution in [-0.2, 0) is 7.05 Å². The molecule has 3 N–H and O–H groups in total. The van der Waals surface area contributed by atoms with Crippen molar-refractivity contribution in [3.63, 3.8) is 0 Å². The molecule has 0 spiro atoms. The number of hydrogen-bond donors (Lipinski definition) is 3. The first-order valence-electron chi connectivity index (χ1n) is 10.6. The van der Waals surface area contributed by atoms with Gasteiger partial charge in [-0.15, -0.1) is 0 Å². The number of aryl methyl sites for hydroxylation is 1. The minimum absolute atomic E-state index is 0.130. The van der Waals surface area contributed by atoms with Gasteiger partial charge < -0.3 is 10.4 Å². The smallest absolute Gasteiger partial charge is 0.349 e. The Morgan fingerprint density at radius 1 is 1.41 bits per heavy atom. The molecule has 2 amide bonds. The molecule has 10 heteroatoms. The van der Waals surface area contributed by atoms with E-state index in [2.05, 4.69) is 15.8 Å². The van der Waals surface area contributed by atoms with Crippen LogP contribution in [0, 0.1) is 0 Å². The molecule has 10 nitrogen and oxygen atoms in total. The Labute approximate surface area is 188 Å². The van der Waals surface area contributed by atoms with Crippen molar-refractivity contribution in [3.8, 4) is 0 Å². The summed E-state index contributed by atoms with van der Waals surface area (Å²) in [6.07, 6.45) is 9.03. The predicted octanol–water partition coefficient (Wildman–Crippen LogP) is 1.63. The number of quaternary nitrogens is 1. The zero-order valence-electron chi connectivity index (χ0n) is 19.5. The quantitative estimate of drug-likeness (QED) is 0.351. The third kappa shape index (κ3) is 4.59. The number of rotatable bonds is 6. The number of carbonyl (C=O) groups excluding carboxylic acids is 2. The standard InChI is InChI=1S/C22H31N7O3/c1-7-15(11-14(3)30)20-25-18-12-16(9-10-28(18)26-20)24-21(31)19-17(13-23-27(19)4)22(32)29(5,6)8-2/h7,9-11,13,16,18H,8,12H2,1-6H3,(H2-,24,25,26,30,31)/p+1/b14-11+,15-7+. The maximum absolute atomic E-state index is 13.1. The number of aromatic nitrogens is 2. The van der Waals surface area contributed by atoms with E-state index in [9.17, 15) is 14.7 Å². The lowest BCUT2D eigenvalue weighted by molar-refractivity contribution is -0.805. The third-order valence-electron chi connectivity index (χ3n) is 5.77. The summed E-state index contributed by atoms with van der Waals surface area (Å²) < 4.78 is 1.57. The van der Waals surface area contributed by atoms with Gasteiger partial charge in [-0.1, -0.05) is 6.08 Å². The summed E-state index contributed by atoms with van der Waals surface area (Å²) >= 11 is 0. The molecule has 32 heavy (non-hydrogen) atoms. The number of nitrogens with one attached hydrogen (secondary N) is 2. The Balaban J connectivity index is 1.75. The number of hydrazine groups is 1. The lowest BCUT2D eigenvalue weighted by Crippen LogP contribution is -2.47. The monoisotopic (exact) mass is 442 g/mol. The maximum Gasteiger partial charge on any atom is 0.349 e. The van der Waals surface area contributed by atoms with Crippen LogP contribution < -0.4 is 10.7 Å². The number of aliphatic hydroxyl groups excluding tert-OH is 1. The highest BCUT2D eigenvalue weighted by atomic mass is 16.3. The summed E-state index contributed by atoms with van der Waals surface area (Å²) in [5, 5.41) is 18.6. The molecule has 2 aliphatic rings. The van der Waals surface area contributed by atoms with Crippen LogP contribution in [0.3, 0.4) is 0 Å². The van der Waals surface area contributed by atoms with Crippen molar-refractivity contribution in [1.29, 1.82) is 0 Å². The molecule has 0 bridgehead atoms. The van der Waals surface area contributed by atoms with Crippen molar-refractivity contribution in [3.05, 3.63) is 53.2 Å². The first-order chi connectivity index (χ1) is 15.1. The Kier molecular flexibility index (Phi) is 6.54. The highest BCUT2D eigenvalue weighted by Gasteiger charge is 2.35. The third-order valence-corrected chi connectivity index (χ3v) is 5.77. The summed E-state index contributed by atoms with van der Waals surface area (Å²) in [6, 6.07) is -0.260. The number of hydrogen-bond acceptors (Lipinski definition) is 7. The number of carbonyl (C=O) groups is 2. The number of nitrogens with zero attached hydrogens (tertiary/aromatic N) is 5. The summed E-state index contributed by atoms with van der Waals surface area (Å²) in [5.74, 6) is 0.341. The second kappa shape index (κ2) is 8.99. The first-order valence-corrected chi connectivity index (χ1v) is 10.6. The number of amidine groups is 1. The molecule has 1 aromatic heterocycles. The summed E-state index contributed by atoms with van der Waals surface area (Å²) in [5.41, 5.74) is 4.55. The van der Waals surface area contributed by atoms with Gasteiger partial charge in [-0.3, -0.25) is 24.4 Å².